The number of nitrogens with one attached hydrogen (secondary N) is 1. The van der Waals surface area contributed by atoms with Crippen molar-refractivity contribution in [1.29, 1.82) is 0 Å². The summed E-state index contributed by atoms with van der Waals surface area (Å²) in [6, 6.07) is 27.3. The number of hydrogen-bond donors (Lipinski definition) is 1. The Balaban J connectivity index is 1.50. The van der Waals surface area contributed by atoms with Crippen molar-refractivity contribution in [1.82, 2.24) is 0 Å². The van der Waals surface area contributed by atoms with E-state index in [9.17, 15) is 0 Å². The van der Waals surface area contributed by atoms with Gasteiger partial charge < -0.3 is 10.1 Å². The third-order valence-electron chi connectivity index (χ3n) is 4.49. The molecule has 0 saturated heterocycles. The standard InChI is InChI=1S/C24H27NO/c1-19(2)23-10-6-7-11-24(23)25-18-21-12-14-22(15-13-21)26-17-16-20-8-4-3-5-9-20/h3-15,19,25H,16-18H2,1-2H3. The van der Waals surface area contributed by atoms with Gasteiger partial charge in [-0.15, -0.1) is 0 Å². The van der Waals surface area contributed by atoms with Gasteiger partial charge >= 0.3 is 0 Å². The molecule has 0 atom stereocenters. The van der Waals surface area contributed by atoms with Crippen molar-refractivity contribution in [2.24, 2.45) is 0 Å². The lowest BCUT2D eigenvalue weighted by Crippen LogP contribution is -2.04. The van der Waals surface area contributed by atoms with Gasteiger partial charge in [0.25, 0.3) is 0 Å². The lowest BCUT2D eigenvalue weighted by molar-refractivity contribution is 0.322. The smallest absolute Gasteiger partial charge is 0.119 e. The average Bonchev–Trinajstić information content (AvgIpc) is 2.68. The van der Waals surface area contributed by atoms with Crippen molar-refractivity contribution in [3.8, 4) is 5.75 Å². The Morgan fingerprint density at radius 3 is 2.19 bits per heavy atom. The molecule has 0 aliphatic rings. The second-order valence-electron chi connectivity index (χ2n) is 6.82. The minimum Gasteiger partial charge on any atom is -0.493 e. The SMILES string of the molecule is CC(C)c1ccccc1NCc1ccc(OCCc2ccccc2)cc1. The maximum Gasteiger partial charge on any atom is 0.119 e. The normalized spacial score (nSPS) is 10.7. The molecule has 0 fully saturated rings. The molecule has 0 saturated carbocycles. The van der Waals surface area contributed by atoms with Crippen LogP contribution < -0.4 is 10.1 Å². The molecule has 0 aromatic heterocycles. The first-order valence-corrected chi connectivity index (χ1v) is 9.31. The van der Waals surface area contributed by atoms with E-state index in [1.165, 1.54) is 22.4 Å². The molecule has 0 bridgehead atoms. The molecule has 0 radical (unpaired) electrons. The van der Waals surface area contributed by atoms with Crippen molar-refractivity contribution in [3.05, 3.63) is 95.6 Å². The van der Waals surface area contributed by atoms with E-state index in [2.05, 4.69) is 92.0 Å². The fourth-order valence-electron chi connectivity index (χ4n) is 2.99. The first-order valence-electron chi connectivity index (χ1n) is 9.31. The van der Waals surface area contributed by atoms with Crippen molar-refractivity contribution in [2.75, 3.05) is 11.9 Å². The Morgan fingerprint density at radius 2 is 1.46 bits per heavy atom. The molecule has 2 nitrogen and oxygen atoms in total. The molecule has 1 N–H and O–H groups in total. The Hall–Kier alpha value is -2.74. The van der Waals surface area contributed by atoms with Crippen LogP contribution in [0.4, 0.5) is 5.69 Å². The zero-order valence-corrected chi connectivity index (χ0v) is 15.6. The Morgan fingerprint density at radius 1 is 0.769 bits per heavy atom. The van der Waals surface area contributed by atoms with Crippen molar-refractivity contribution in [3.63, 3.8) is 0 Å². The highest BCUT2D eigenvalue weighted by Crippen LogP contribution is 2.24. The molecule has 3 aromatic rings. The first kappa shape index (κ1) is 18.1. The predicted molar refractivity (Wildman–Crippen MR) is 110 cm³/mol. The van der Waals surface area contributed by atoms with E-state index in [-0.39, 0.29) is 0 Å². The quantitative estimate of drug-likeness (QED) is 0.537. The molecule has 3 aromatic carbocycles. The van der Waals surface area contributed by atoms with E-state index in [4.69, 9.17) is 4.74 Å². The highest BCUT2D eigenvalue weighted by molar-refractivity contribution is 5.52. The third-order valence-corrected chi connectivity index (χ3v) is 4.49. The lowest BCUT2D eigenvalue weighted by Gasteiger charge is -2.15. The summed E-state index contributed by atoms with van der Waals surface area (Å²) in [7, 11) is 0. The van der Waals surface area contributed by atoms with Gasteiger partial charge in [-0.1, -0.05) is 74.5 Å². The molecule has 2 heteroatoms. The lowest BCUT2D eigenvalue weighted by atomic mass is 10.0. The second kappa shape index (κ2) is 9.10. The molecule has 0 aliphatic carbocycles. The first-order chi connectivity index (χ1) is 12.7. The van der Waals surface area contributed by atoms with Crippen LogP contribution in [0.1, 0.15) is 36.5 Å². The number of anilines is 1. The van der Waals surface area contributed by atoms with Crippen molar-refractivity contribution >= 4 is 5.69 Å². The summed E-state index contributed by atoms with van der Waals surface area (Å²) in [5, 5.41) is 3.55. The topological polar surface area (TPSA) is 21.3 Å². The van der Waals surface area contributed by atoms with Gasteiger partial charge in [-0.25, -0.2) is 0 Å². The summed E-state index contributed by atoms with van der Waals surface area (Å²) in [5.41, 5.74) is 5.12. The van der Waals surface area contributed by atoms with Gasteiger partial charge in [0.15, 0.2) is 0 Å². The average molecular weight is 345 g/mol. The molecule has 0 amide bonds. The van der Waals surface area contributed by atoms with E-state index in [1.807, 2.05) is 6.07 Å². The van der Waals surface area contributed by atoms with Crippen molar-refractivity contribution in [2.45, 2.75) is 32.7 Å². The number of rotatable bonds is 8. The van der Waals surface area contributed by atoms with Gasteiger partial charge in [0.05, 0.1) is 6.61 Å². The largest absolute Gasteiger partial charge is 0.493 e. The summed E-state index contributed by atoms with van der Waals surface area (Å²) in [6.45, 7) is 5.96. The van der Waals surface area contributed by atoms with Crippen LogP contribution in [0.2, 0.25) is 0 Å². The highest BCUT2D eigenvalue weighted by Gasteiger charge is 2.05. The molecule has 0 unspecified atom stereocenters. The summed E-state index contributed by atoms with van der Waals surface area (Å²) < 4.78 is 5.86. The monoisotopic (exact) mass is 345 g/mol. The summed E-state index contributed by atoms with van der Waals surface area (Å²) >= 11 is 0. The van der Waals surface area contributed by atoms with Crippen LogP contribution in [-0.4, -0.2) is 6.61 Å². The number of ether oxygens (including phenoxy) is 1. The second-order valence-corrected chi connectivity index (χ2v) is 6.82. The molecular weight excluding hydrogens is 318 g/mol. The zero-order chi connectivity index (χ0) is 18.2. The van der Waals surface area contributed by atoms with Gasteiger partial charge in [0, 0.05) is 18.7 Å². The predicted octanol–water partition coefficient (Wildman–Crippen LogP) is 6.04. The summed E-state index contributed by atoms with van der Waals surface area (Å²) in [4.78, 5) is 0. The van der Waals surface area contributed by atoms with Crippen LogP contribution in [0, 0.1) is 0 Å². The molecular formula is C24H27NO. The van der Waals surface area contributed by atoms with Gasteiger partial charge in [-0.3, -0.25) is 0 Å². The molecule has 0 aliphatic heterocycles. The van der Waals surface area contributed by atoms with Crippen LogP contribution in [0.15, 0.2) is 78.9 Å². The Labute approximate surface area is 156 Å². The van der Waals surface area contributed by atoms with Gasteiger partial charge in [-0.05, 0) is 40.8 Å². The zero-order valence-electron chi connectivity index (χ0n) is 15.6. The van der Waals surface area contributed by atoms with Crippen LogP contribution in [0.5, 0.6) is 5.75 Å². The molecule has 26 heavy (non-hydrogen) atoms. The van der Waals surface area contributed by atoms with E-state index >= 15 is 0 Å². The summed E-state index contributed by atoms with van der Waals surface area (Å²) in [5.74, 6) is 1.44. The Kier molecular flexibility index (Phi) is 6.32. The van der Waals surface area contributed by atoms with Crippen LogP contribution >= 0.6 is 0 Å². The van der Waals surface area contributed by atoms with Gasteiger partial charge in [0.1, 0.15) is 5.75 Å². The maximum absolute atomic E-state index is 5.86. The Bertz CT molecular complexity index is 794. The molecule has 3 rings (SSSR count). The number of para-hydroxylation sites is 1. The van der Waals surface area contributed by atoms with Crippen LogP contribution in [-0.2, 0) is 13.0 Å². The minimum atomic E-state index is 0.513. The van der Waals surface area contributed by atoms with Crippen molar-refractivity contribution < 1.29 is 4.74 Å². The highest BCUT2D eigenvalue weighted by atomic mass is 16.5. The minimum absolute atomic E-state index is 0.513. The molecule has 0 spiro atoms. The van der Waals surface area contributed by atoms with E-state index in [0.717, 1.165) is 18.7 Å². The number of hydrogen-bond acceptors (Lipinski definition) is 2. The van der Waals surface area contributed by atoms with E-state index in [0.29, 0.717) is 12.5 Å². The third kappa shape index (κ3) is 5.13. The summed E-state index contributed by atoms with van der Waals surface area (Å²) in [6.07, 6.45) is 0.927. The van der Waals surface area contributed by atoms with Gasteiger partial charge in [0.2, 0.25) is 0 Å². The number of benzene rings is 3. The fraction of sp³-hybridized carbons (Fsp3) is 0.250. The van der Waals surface area contributed by atoms with Crippen LogP contribution in [0.3, 0.4) is 0 Å². The molecule has 134 valence electrons. The van der Waals surface area contributed by atoms with E-state index < -0.39 is 0 Å². The van der Waals surface area contributed by atoms with Crippen LogP contribution in [0.25, 0.3) is 0 Å². The molecule has 0 heterocycles. The van der Waals surface area contributed by atoms with Gasteiger partial charge in [-0.2, -0.15) is 0 Å². The fourth-order valence-corrected chi connectivity index (χ4v) is 2.99. The van der Waals surface area contributed by atoms with E-state index in [1.54, 1.807) is 0 Å². The maximum atomic E-state index is 5.86.